The number of ether oxygens (including phenoxy) is 3. The molecule has 0 spiro atoms. The van der Waals surface area contributed by atoms with Crippen molar-refractivity contribution in [1.29, 1.82) is 0 Å². The van der Waals surface area contributed by atoms with Crippen LogP contribution in [-0.2, 0) is 42.2 Å². The van der Waals surface area contributed by atoms with Crippen molar-refractivity contribution in [1.82, 2.24) is 0 Å². The first kappa shape index (κ1) is 63.4. The van der Waals surface area contributed by atoms with Gasteiger partial charge in [0, 0.05) is 19.3 Å². The molecular formula is C54H97O11P. The van der Waals surface area contributed by atoms with Gasteiger partial charge in [-0.3, -0.25) is 23.4 Å². The van der Waals surface area contributed by atoms with Crippen LogP contribution in [0.3, 0.4) is 0 Å². The molecule has 0 aromatic rings. The lowest BCUT2D eigenvalue weighted by molar-refractivity contribution is -0.161. The zero-order valence-corrected chi connectivity index (χ0v) is 43.1. The Hall–Kier alpha value is -2.56. The Kier molecular flexibility index (Phi) is 47.0. The molecule has 0 saturated heterocycles. The van der Waals surface area contributed by atoms with Crippen LogP contribution in [0.25, 0.3) is 0 Å². The van der Waals surface area contributed by atoms with Crippen LogP contribution < -0.4 is 0 Å². The van der Waals surface area contributed by atoms with Crippen LogP contribution in [0, 0.1) is 0 Å². The van der Waals surface area contributed by atoms with Crippen molar-refractivity contribution in [2.75, 3.05) is 26.4 Å². The number of aliphatic hydroxyl groups excluding tert-OH is 1. The minimum Gasteiger partial charge on any atom is -0.462 e. The topological polar surface area (TPSA) is 155 Å². The van der Waals surface area contributed by atoms with E-state index in [1.807, 2.05) is 0 Å². The highest BCUT2D eigenvalue weighted by atomic mass is 31.2. The number of unbranched alkanes of at least 4 members (excludes halogenated alkanes) is 24. The van der Waals surface area contributed by atoms with Crippen LogP contribution >= 0.6 is 7.82 Å². The van der Waals surface area contributed by atoms with Crippen molar-refractivity contribution < 1.29 is 52.2 Å². The normalized spacial score (nSPS) is 13.8. The zero-order chi connectivity index (χ0) is 48.4. The summed E-state index contributed by atoms with van der Waals surface area (Å²) in [6.07, 6.45) is 49.4. The summed E-state index contributed by atoms with van der Waals surface area (Å²) in [6, 6.07) is 0. The van der Waals surface area contributed by atoms with Gasteiger partial charge < -0.3 is 24.2 Å². The summed E-state index contributed by atoms with van der Waals surface area (Å²) in [5.74, 6) is -1.49. The highest BCUT2D eigenvalue weighted by molar-refractivity contribution is 7.47. The molecule has 0 heterocycles. The van der Waals surface area contributed by atoms with E-state index in [1.54, 1.807) is 0 Å². The molecule has 0 aliphatic heterocycles. The average Bonchev–Trinajstić information content (AvgIpc) is 3.30. The smallest absolute Gasteiger partial charge is 0.462 e. The Morgan fingerprint density at radius 3 is 1.23 bits per heavy atom. The van der Waals surface area contributed by atoms with Gasteiger partial charge >= 0.3 is 25.7 Å². The molecule has 3 atom stereocenters. The highest BCUT2D eigenvalue weighted by Gasteiger charge is 2.28. The Balaban J connectivity index is 4.77. The summed E-state index contributed by atoms with van der Waals surface area (Å²) in [6.45, 7) is 4.47. The molecule has 0 aliphatic carbocycles. The van der Waals surface area contributed by atoms with Crippen LogP contribution in [0.15, 0.2) is 48.6 Å². The molecule has 0 aromatic carbocycles. The van der Waals surface area contributed by atoms with Gasteiger partial charge in [-0.1, -0.05) is 191 Å². The van der Waals surface area contributed by atoms with E-state index in [0.29, 0.717) is 19.3 Å². The first-order valence-corrected chi connectivity index (χ1v) is 28.0. The fourth-order valence-corrected chi connectivity index (χ4v) is 7.97. The van der Waals surface area contributed by atoms with Gasteiger partial charge in [-0.05, 0) is 77.0 Å². The van der Waals surface area contributed by atoms with E-state index in [1.165, 1.54) is 70.6 Å². The Morgan fingerprint density at radius 1 is 0.439 bits per heavy atom. The molecule has 0 aromatic heterocycles. The van der Waals surface area contributed by atoms with Crippen LogP contribution in [0.2, 0.25) is 0 Å². The third kappa shape index (κ3) is 46.5. The van der Waals surface area contributed by atoms with Crippen molar-refractivity contribution in [3.63, 3.8) is 0 Å². The van der Waals surface area contributed by atoms with Crippen molar-refractivity contribution in [3.8, 4) is 0 Å². The van der Waals surface area contributed by atoms with E-state index in [2.05, 4.69) is 69.4 Å². The minimum atomic E-state index is -4.74. The number of esters is 3. The van der Waals surface area contributed by atoms with Gasteiger partial charge in [-0.2, -0.15) is 0 Å². The van der Waals surface area contributed by atoms with Gasteiger partial charge in [0.1, 0.15) is 12.7 Å². The van der Waals surface area contributed by atoms with E-state index in [4.69, 9.17) is 23.3 Å². The molecule has 12 heteroatoms. The van der Waals surface area contributed by atoms with Gasteiger partial charge in [-0.15, -0.1) is 0 Å². The maximum absolute atomic E-state index is 12.8. The average molecular weight is 953 g/mol. The van der Waals surface area contributed by atoms with E-state index in [0.717, 1.165) is 109 Å². The number of carbonyl (C=O) groups excluding carboxylic acids is 3. The van der Waals surface area contributed by atoms with Crippen molar-refractivity contribution in [3.05, 3.63) is 48.6 Å². The first-order chi connectivity index (χ1) is 32.2. The number of phosphoric acid groups is 1. The summed E-state index contributed by atoms with van der Waals surface area (Å²) in [4.78, 5) is 48.3. The van der Waals surface area contributed by atoms with E-state index < -0.39 is 57.8 Å². The maximum atomic E-state index is 12.8. The molecule has 0 aliphatic rings. The number of carbonyl (C=O) groups is 3. The molecule has 0 bridgehead atoms. The van der Waals surface area contributed by atoms with Crippen molar-refractivity contribution in [2.24, 2.45) is 0 Å². The lowest BCUT2D eigenvalue weighted by atomic mass is 10.1. The van der Waals surface area contributed by atoms with Gasteiger partial charge in [0.15, 0.2) is 6.10 Å². The molecule has 3 unspecified atom stereocenters. The maximum Gasteiger partial charge on any atom is 0.472 e. The molecular weight excluding hydrogens is 856 g/mol. The molecule has 0 fully saturated rings. The number of hydrogen-bond donors (Lipinski definition) is 2. The van der Waals surface area contributed by atoms with Crippen LogP contribution in [-0.4, -0.2) is 66.5 Å². The van der Waals surface area contributed by atoms with Gasteiger partial charge in [0.2, 0.25) is 0 Å². The second-order valence-electron chi connectivity index (χ2n) is 17.7. The predicted molar refractivity (Wildman–Crippen MR) is 270 cm³/mol. The van der Waals surface area contributed by atoms with Crippen molar-refractivity contribution in [2.45, 2.75) is 251 Å². The third-order valence-corrected chi connectivity index (χ3v) is 12.2. The quantitative estimate of drug-likeness (QED) is 0.0197. The lowest BCUT2D eigenvalue weighted by Gasteiger charge is -2.21. The minimum absolute atomic E-state index is 0.148. The Labute approximate surface area is 403 Å². The summed E-state index contributed by atoms with van der Waals surface area (Å²) in [7, 11) is -4.74. The summed E-state index contributed by atoms with van der Waals surface area (Å²) in [5.41, 5.74) is 0. The van der Waals surface area contributed by atoms with Crippen LogP contribution in [0.5, 0.6) is 0 Å². The number of aliphatic hydroxyl groups is 1. The number of allylic oxidation sites excluding steroid dienone is 8. The van der Waals surface area contributed by atoms with Crippen LogP contribution in [0.4, 0.5) is 0 Å². The molecule has 66 heavy (non-hydrogen) atoms. The summed E-state index contributed by atoms with van der Waals surface area (Å²) in [5, 5.41) is 9.75. The van der Waals surface area contributed by atoms with Gasteiger partial charge in [0.25, 0.3) is 0 Å². The van der Waals surface area contributed by atoms with Crippen LogP contribution in [0.1, 0.15) is 239 Å². The number of rotatable bonds is 49. The zero-order valence-electron chi connectivity index (χ0n) is 42.2. The second kappa shape index (κ2) is 48.9. The lowest BCUT2D eigenvalue weighted by Crippen LogP contribution is -2.30. The molecule has 384 valence electrons. The van der Waals surface area contributed by atoms with Gasteiger partial charge in [-0.25, -0.2) is 4.57 Å². The molecule has 11 nitrogen and oxygen atoms in total. The summed E-state index contributed by atoms with van der Waals surface area (Å²) < 4.78 is 39.3. The fraction of sp³-hybridized carbons (Fsp3) is 0.796. The molecule has 0 amide bonds. The standard InChI is InChI=1S/C54H97O11P/c1-4-7-10-13-16-19-21-23-25-27-29-32-34-37-40-43-52(56)61-47-51(65-54(58)45-42-39-36-33-30-28-26-24-22-20-17-14-11-8-5-2)49-63-66(59,60)62-48-50(46-55)64-53(57)44-41-38-35-31-18-15-12-9-6-3/h8,11,17,20,23-26,50-51,55H,4-7,9-10,12-16,18-19,21-22,27-49H2,1-3H3,(H,59,60)/b11-8-,20-17-,25-23-,26-24-. The Morgan fingerprint density at radius 2 is 0.788 bits per heavy atom. The van der Waals surface area contributed by atoms with E-state index in [-0.39, 0.29) is 25.9 Å². The Bertz CT molecular complexity index is 1300. The molecule has 0 saturated carbocycles. The third-order valence-electron chi connectivity index (χ3n) is 11.2. The molecule has 2 N–H and O–H groups in total. The summed E-state index contributed by atoms with van der Waals surface area (Å²) >= 11 is 0. The largest absolute Gasteiger partial charge is 0.472 e. The molecule has 0 radical (unpaired) electrons. The fourth-order valence-electron chi connectivity index (χ4n) is 7.19. The predicted octanol–water partition coefficient (Wildman–Crippen LogP) is 15.0. The van der Waals surface area contributed by atoms with E-state index in [9.17, 15) is 28.9 Å². The first-order valence-electron chi connectivity index (χ1n) is 26.5. The number of phosphoric ester groups is 1. The van der Waals surface area contributed by atoms with Crippen molar-refractivity contribution >= 4 is 25.7 Å². The monoisotopic (exact) mass is 953 g/mol. The van der Waals surface area contributed by atoms with Gasteiger partial charge in [0.05, 0.1) is 19.8 Å². The molecule has 0 rings (SSSR count). The highest BCUT2D eigenvalue weighted by Crippen LogP contribution is 2.43. The van der Waals surface area contributed by atoms with E-state index >= 15 is 0 Å². The number of hydrogen-bond acceptors (Lipinski definition) is 10. The second-order valence-corrected chi connectivity index (χ2v) is 19.1. The SMILES string of the molecule is CC/C=C\C/C=C\C/C=C\CCCCCCCC(=O)OC(COC(=O)CCCCCCC/C=C\CCCCCCCC)COP(=O)(O)OCC(CO)OC(=O)CCCCCCCCCCC.